The van der Waals surface area contributed by atoms with Gasteiger partial charge in [-0.2, -0.15) is 0 Å². The lowest BCUT2D eigenvalue weighted by atomic mass is 9.96. The second kappa shape index (κ2) is 7.70. The molecule has 0 atom stereocenters. The molecule has 1 heterocycles. The van der Waals surface area contributed by atoms with Crippen molar-refractivity contribution in [3.8, 4) is 0 Å². The van der Waals surface area contributed by atoms with Crippen molar-refractivity contribution in [1.29, 1.82) is 0 Å². The topological polar surface area (TPSA) is 55.8 Å². The molecule has 2 fully saturated rings. The number of hydrogen-bond acceptors (Lipinski definition) is 3. The highest BCUT2D eigenvalue weighted by Crippen LogP contribution is 2.17. The third-order valence-corrected chi connectivity index (χ3v) is 4.22. The van der Waals surface area contributed by atoms with E-state index in [1.165, 1.54) is 19.3 Å². The average molecular weight is 269 g/mol. The second-order valence-electron chi connectivity index (χ2n) is 5.69. The highest BCUT2D eigenvalue weighted by atomic mass is 16.3. The molecule has 2 amide bonds. The third kappa shape index (κ3) is 4.66. The lowest BCUT2D eigenvalue weighted by molar-refractivity contribution is 0.129. The minimum Gasteiger partial charge on any atom is -0.396 e. The molecule has 0 bridgehead atoms. The summed E-state index contributed by atoms with van der Waals surface area (Å²) in [6, 6.07) is 0.516. The van der Waals surface area contributed by atoms with Crippen LogP contribution in [0.15, 0.2) is 0 Å². The zero-order valence-corrected chi connectivity index (χ0v) is 11.8. The van der Waals surface area contributed by atoms with Crippen LogP contribution in [-0.4, -0.2) is 66.3 Å². The van der Waals surface area contributed by atoms with Crippen molar-refractivity contribution >= 4 is 6.03 Å². The van der Waals surface area contributed by atoms with Gasteiger partial charge in [0.1, 0.15) is 0 Å². The van der Waals surface area contributed by atoms with Gasteiger partial charge in [-0.15, -0.1) is 0 Å². The van der Waals surface area contributed by atoms with Gasteiger partial charge in [0.2, 0.25) is 0 Å². The van der Waals surface area contributed by atoms with Crippen LogP contribution in [0.1, 0.15) is 38.5 Å². The van der Waals surface area contributed by atoms with Crippen LogP contribution in [0, 0.1) is 0 Å². The van der Waals surface area contributed by atoms with Gasteiger partial charge >= 0.3 is 6.03 Å². The van der Waals surface area contributed by atoms with Crippen LogP contribution >= 0.6 is 0 Å². The monoisotopic (exact) mass is 269 g/mol. The fourth-order valence-electron chi connectivity index (χ4n) is 2.98. The van der Waals surface area contributed by atoms with Crippen molar-refractivity contribution in [2.24, 2.45) is 0 Å². The molecule has 1 aliphatic heterocycles. The molecule has 2 aliphatic rings. The lowest BCUT2D eigenvalue weighted by Gasteiger charge is -2.35. The number of aliphatic hydroxyl groups excluding tert-OH is 1. The van der Waals surface area contributed by atoms with E-state index >= 15 is 0 Å². The van der Waals surface area contributed by atoms with Crippen LogP contribution < -0.4 is 5.32 Å². The van der Waals surface area contributed by atoms with Crippen LogP contribution in [0.3, 0.4) is 0 Å². The predicted molar refractivity (Wildman–Crippen MR) is 75.1 cm³/mol. The first-order valence-electron chi connectivity index (χ1n) is 7.68. The summed E-state index contributed by atoms with van der Waals surface area (Å²) in [6.45, 7) is 4.67. The molecule has 1 saturated carbocycles. The summed E-state index contributed by atoms with van der Waals surface area (Å²) < 4.78 is 0. The van der Waals surface area contributed by atoms with Crippen molar-refractivity contribution in [3.05, 3.63) is 0 Å². The van der Waals surface area contributed by atoms with Crippen molar-refractivity contribution in [2.45, 2.75) is 44.6 Å². The zero-order valence-electron chi connectivity index (χ0n) is 11.8. The van der Waals surface area contributed by atoms with E-state index in [9.17, 15) is 4.79 Å². The van der Waals surface area contributed by atoms with Crippen molar-refractivity contribution < 1.29 is 9.90 Å². The molecule has 110 valence electrons. The number of amides is 2. The van der Waals surface area contributed by atoms with E-state index in [-0.39, 0.29) is 12.6 Å². The number of piperazine rings is 1. The van der Waals surface area contributed by atoms with Gasteiger partial charge in [0.05, 0.1) is 0 Å². The molecule has 0 unspecified atom stereocenters. The largest absolute Gasteiger partial charge is 0.396 e. The Balaban J connectivity index is 1.67. The smallest absolute Gasteiger partial charge is 0.317 e. The number of urea groups is 1. The van der Waals surface area contributed by atoms with E-state index in [1.807, 2.05) is 4.90 Å². The first kappa shape index (κ1) is 14.6. The molecular weight excluding hydrogens is 242 g/mol. The highest BCUT2D eigenvalue weighted by Gasteiger charge is 2.23. The minimum absolute atomic E-state index is 0.119. The van der Waals surface area contributed by atoms with Gasteiger partial charge in [-0.3, -0.25) is 4.90 Å². The van der Waals surface area contributed by atoms with Crippen molar-refractivity contribution in [3.63, 3.8) is 0 Å². The number of rotatable bonds is 4. The number of carbonyl (C=O) groups is 1. The van der Waals surface area contributed by atoms with Crippen LogP contribution in [0.2, 0.25) is 0 Å². The van der Waals surface area contributed by atoms with E-state index in [0.29, 0.717) is 6.04 Å². The van der Waals surface area contributed by atoms with E-state index in [1.54, 1.807) is 0 Å². The van der Waals surface area contributed by atoms with Crippen LogP contribution in [-0.2, 0) is 0 Å². The number of aliphatic hydroxyl groups is 1. The van der Waals surface area contributed by atoms with Gasteiger partial charge in [-0.05, 0) is 19.3 Å². The molecule has 0 aromatic rings. The first-order chi connectivity index (χ1) is 9.29. The molecule has 1 saturated heterocycles. The summed E-state index contributed by atoms with van der Waals surface area (Å²) >= 11 is 0. The summed E-state index contributed by atoms with van der Waals surface area (Å²) in [4.78, 5) is 16.4. The van der Waals surface area contributed by atoms with Crippen molar-refractivity contribution in [1.82, 2.24) is 15.1 Å². The Hall–Kier alpha value is -0.810. The van der Waals surface area contributed by atoms with E-state index in [4.69, 9.17) is 5.11 Å². The fourth-order valence-corrected chi connectivity index (χ4v) is 2.98. The lowest BCUT2D eigenvalue weighted by Crippen LogP contribution is -2.53. The number of nitrogens with zero attached hydrogens (tertiary/aromatic N) is 2. The van der Waals surface area contributed by atoms with Crippen LogP contribution in [0.25, 0.3) is 0 Å². The van der Waals surface area contributed by atoms with Gasteiger partial charge in [0.25, 0.3) is 0 Å². The maximum Gasteiger partial charge on any atom is 0.317 e. The molecule has 1 aliphatic carbocycles. The van der Waals surface area contributed by atoms with Crippen molar-refractivity contribution in [2.75, 3.05) is 39.3 Å². The fraction of sp³-hybridized carbons (Fsp3) is 0.929. The normalized spacial score (nSPS) is 22.5. The van der Waals surface area contributed by atoms with Gasteiger partial charge in [0, 0.05) is 45.4 Å². The molecule has 5 heteroatoms. The maximum absolute atomic E-state index is 12.1. The molecule has 0 radical (unpaired) electrons. The van der Waals surface area contributed by atoms with Crippen LogP contribution in [0.4, 0.5) is 4.79 Å². The van der Waals surface area contributed by atoms with E-state index < -0.39 is 0 Å². The molecule has 2 rings (SSSR count). The SMILES string of the molecule is O=C(NC1CCCCC1)N1CCN(CCCO)CC1. The van der Waals surface area contributed by atoms with Gasteiger partial charge in [-0.25, -0.2) is 4.79 Å². The standard InChI is InChI=1S/C14H27N3O2/c18-12-4-7-16-8-10-17(11-9-16)14(19)15-13-5-2-1-3-6-13/h13,18H,1-12H2,(H,15,19). The van der Waals surface area contributed by atoms with Gasteiger partial charge in [-0.1, -0.05) is 19.3 Å². The molecule has 0 aromatic heterocycles. The van der Waals surface area contributed by atoms with Gasteiger partial charge < -0.3 is 15.3 Å². The Morgan fingerprint density at radius 3 is 2.42 bits per heavy atom. The first-order valence-corrected chi connectivity index (χ1v) is 7.68. The molecule has 19 heavy (non-hydrogen) atoms. The predicted octanol–water partition coefficient (Wildman–Crippen LogP) is 1.03. The summed E-state index contributed by atoms with van der Waals surface area (Å²) in [5.41, 5.74) is 0. The van der Waals surface area contributed by atoms with Gasteiger partial charge in [0.15, 0.2) is 0 Å². The molecule has 2 N–H and O–H groups in total. The summed E-state index contributed by atoms with van der Waals surface area (Å²) in [7, 11) is 0. The Morgan fingerprint density at radius 1 is 1.11 bits per heavy atom. The molecule has 5 nitrogen and oxygen atoms in total. The summed E-state index contributed by atoms with van der Waals surface area (Å²) in [5.74, 6) is 0. The number of hydrogen-bond donors (Lipinski definition) is 2. The number of carbonyl (C=O) groups excluding carboxylic acids is 1. The quantitative estimate of drug-likeness (QED) is 0.801. The minimum atomic E-state index is 0.119. The van der Waals surface area contributed by atoms with Crippen LogP contribution in [0.5, 0.6) is 0 Å². The van der Waals surface area contributed by atoms with E-state index in [2.05, 4.69) is 10.2 Å². The third-order valence-electron chi connectivity index (χ3n) is 4.22. The molecule has 0 aromatic carbocycles. The Morgan fingerprint density at radius 2 is 1.79 bits per heavy atom. The molecule has 0 spiro atoms. The molecular formula is C14H27N3O2. The second-order valence-corrected chi connectivity index (χ2v) is 5.69. The Labute approximate surface area is 115 Å². The summed E-state index contributed by atoms with van der Waals surface area (Å²) in [6.07, 6.45) is 6.92. The zero-order chi connectivity index (χ0) is 13.5. The summed E-state index contributed by atoms with van der Waals surface area (Å²) in [5, 5.41) is 12.0. The number of nitrogens with one attached hydrogen (secondary N) is 1. The van der Waals surface area contributed by atoms with E-state index in [0.717, 1.165) is 52.0 Å². The highest BCUT2D eigenvalue weighted by molar-refractivity contribution is 5.74. The maximum atomic E-state index is 12.1. The average Bonchev–Trinajstić information content (AvgIpc) is 2.46. The Bertz CT molecular complexity index is 272. The Kier molecular flexibility index (Phi) is 5.92.